The number of aromatic nitrogens is 2. The summed E-state index contributed by atoms with van der Waals surface area (Å²) in [5, 5.41) is 0. The lowest BCUT2D eigenvalue weighted by atomic mass is 10.0. The molecule has 27 heavy (non-hydrogen) atoms. The maximum absolute atomic E-state index is 13.3. The highest BCUT2D eigenvalue weighted by atomic mass is 19.1. The van der Waals surface area contributed by atoms with Crippen LogP contribution in [0.4, 0.5) is 4.39 Å². The standard InChI is InChI=1S/C22H22FN3O/c23-21-9-12-26(13-10-21)22(27)20-7-5-19(6-8-20)18-3-1-17(2-4-18)15-25-14-11-24-16-25/h1-8,11,14,16,21H,9-10,12-13,15H2. The van der Waals surface area contributed by atoms with Crippen LogP contribution in [0, 0.1) is 0 Å². The second-order valence-corrected chi connectivity index (χ2v) is 6.98. The molecule has 138 valence electrons. The number of hydrogen-bond donors (Lipinski definition) is 0. The van der Waals surface area contributed by atoms with Crippen LogP contribution in [0.15, 0.2) is 67.3 Å². The summed E-state index contributed by atoms with van der Waals surface area (Å²) in [5.41, 5.74) is 4.05. The van der Waals surface area contributed by atoms with Gasteiger partial charge in [-0.1, -0.05) is 36.4 Å². The van der Waals surface area contributed by atoms with Gasteiger partial charge in [-0.2, -0.15) is 0 Å². The first-order chi connectivity index (χ1) is 13.2. The predicted octanol–water partition coefficient (Wildman–Crippen LogP) is 4.17. The molecule has 5 heteroatoms. The summed E-state index contributed by atoms with van der Waals surface area (Å²) < 4.78 is 15.3. The molecule has 4 rings (SSSR count). The Kier molecular flexibility index (Phi) is 5.01. The largest absolute Gasteiger partial charge is 0.338 e. The van der Waals surface area contributed by atoms with Crippen LogP contribution in [0.25, 0.3) is 11.1 Å². The average Bonchev–Trinajstić information content (AvgIpc) is 3.22. The topological polar surface area (TPSA) is 38.1 Å². The van der Waals surface area contributed by atoms with Crippen LogP contribution in [-0.2, 0) is 6.54 Å². The number of carbonyl (C=O) groups excluding carboxylic acids is 1. The van der Waals surface area contributed by atoms with Crippen molar-refractivity contribution in [3.8, 4) is 11.1 Å². The van der Waals surface area contributed by atoms with Crippen molar-refractivity contribution < 1.29 is 9.18 Å². The Labute approximate surface area is 158 Å². The first kappa shape index (κ1) is 17.5. The van der Waals surface area contributed by atoms with Gasteiger partial charge in [0.1, 0.15) is 6.17 Å². The number of likely N-dealkylation sites (tertiary alicyclic amines) is 1. The quantitative estimate of drug-likeness (QED) is 0.698. The third kappa shape index (κ3) is 4.08. The van der Waals surface area contributed by atoms with E-state index in [4.69, 9.17) is 0 Å². The Balaban J connectivity index is 1.43. The van der Waals surface area contributed by atoms with E-state index in [0.717, 1.165) is 17.7 Å². The third-order valence-electron chi connectivity index (χ3n) is 5.06. The molecule has 1 amide bonds. The van der Waals surface area contributed by atoms with E-state index in [1.165, 1.54) is 5.56 Å². The van der Waals surface area contributed by atoms with Gasteiger partial charge in [-0.15, -0.1) is 0 Å². The monoisotopic (exact) mass is 363 g/mol. The molecular formula is C22H22FN3O. The highest BCUT2D eigenvalue weighted by Gasteiger charge is 2.23. The maximum Gasteiger partial charge on any atom is 0.253 e. The van der Waals surface area contributed by atoms with Crippen LogP contribution in [0.2, 0.25) is 0 Å². The lowest BCUT2D eigenvalue weighted by Gasteiger charge is -2.28. The number of carbonyl (C=O) groups is 1. The van der Waals surface area contributed by atoms with E-state index in [1.54, 1.807) is 17.4 Å². The minimum absolute atomic E-state index is 0.0101. The van der Waals surface area contributed by atoms with Gasteiger partial charge in [0.15, 0.2) is 0 Å². The molecule has 0 spiro atoms. The van der Waals surface area contributed by atoms with Crippen LogP contribution < -0.4 is 0 Å². The number of hydrogen-bond acceptors (Lipinski definition) is 2. The lowest BCUT2D eigenvalue weighted by Crippen LogP contribution is -2.39. The van der Waals surface area contributed by atoms with E-state index in [1.807, 2.05) is 35.0 Å². The molecule has 1 aromatic heterocycles. The molecule has 0 aliphatic carbocycles. The van der Waals surface area contributed by atoms with Gasteiger partial charge in [0.25, 0.3) is 5.91 Å². The van der Waals surface area contributed by atoms with Crippen molar-refractivity contribution in [2.24, 2.45) is 0 Å². The molecule has 1 aliphatic heterocycles. The second kappa shape index (κ2) is 7.74. The Morgan fingerprint density at radius 3 is 2.22 bits per heavy atom. The SMILES string of the molecule is O=C(c1ccc(-c2ccc(Cn3ccnc3)cc2)cc1)N1CCC(F)CC1. The Morgan fingerprint density at radius 1 is 1.00 bits per heavy atom. The molecule has 2 heterocycles. The molecule has 1 aliphatic rings. The van der Waals surface area contributed by atoms with Gasteiger partial charge in [0, 0.05) is 37.6 Å². The van der Waals surface area contributed by atoms with Gasteiger partial charge in [-0.25, -0.2) is 9.37 Å². The first-order valence-electron chi connectivity index (χ1n) is 9.27. The summed E-state index contributed by atoms with van der Waals surface area (Å²) in [6.45, 7) is 1.80. The van der Waals surface area contributed by atoms with Crippen molar-refractivity contribution in [3.63, 3.8) is 0 Å². The minimum Gasteiger partial charge on any atom is -0.338 e. The summed E-state index contributed by atoms with van der Waals surface area (Å²) in [7, 11) is 0. The zero-order valence-corrected chi connectivity index (χ0v) is 15.1. The first-order valence-corrected chi connectivity index (χ1v) is 9.27. The molecule has 0 bridgehead atoms. The molecule has 0 N–H and O–H groups in total. The molecule has 0 unspecified atom stereocenters. The molecule has 3 aromatic rings. The second-order valence-electron chi connectivity index (χ2n) is 6.98. The highest BCUT2D eigenvalue weighted by molar-refractivity contribution is 5.94. The van der Waals surface area contributed by atoms with E-state index in [2.05, 4.69) is 29.2 Å². The zero-order chi connectivity index (χ0) is 18.6. The van der Waals surface area contributed by atoms with Crippen LogP contribution in [0.1, 0.15) is 28.8 Å². The van der Waals surface area contributed by atoms with E-state index in [9.17, 15) is 9.18 Å². The third-order valence-corrected chi connectivity index (χ3v) is 5.06. The number of benzene rings is 2. The fraction of sp³-hybridized carbons (Fsp3) is 0.273. The predicted molar refractivity (Wildman–Crippen MR) is 103 cm³/mol. The summed E-state index contributed by atoms with van der Waals surface area (Å²) in [6, 6.07) is 16.1. The van der Waals surface area contributed by atoms with E-state index < -0.39 is 6.17 Å². The maximum atomic E-state index is 13.3. The molecule has 2 aromatic carbocycles. The van der Waals surface area contributed by atoms with Gasteiger partial charge >= 0.3 is 0 Å². The van der Waals surface area contributed by atoms with Gasteiger partial charge in [0.05, 0.1) is 6.33 Å². The lowest BCUT2D eigenvalue weighted by molar-refractivity contribution is 0.0667. The van der Waals surface area contributed by atoms with E-state index in [0.29, 0.717) is 31.5 Å². The minimum atomic E-state index is -0.770. The van der Waals surface area contributed by atoms with Gasteiger partial charge < -0.3 is 9.47 Å². The molecule has 4 nitrogen and oxygen atoms in total. The van der Waals surface area contributed by atoms with Gasteiger partial charge in [-0.3, -0.25) is 4.79 Å². The molecular weight excluding hydrogens is 341 g/mol. The van der Waals surface area contributed by atoms with Gasteiger partial charge in [0.2, 0.25) is 0 Å². The van der Waals surface area contributed by atoms with Crippen LogP contribution in [-0.4, -0.2) is 39.6 Å². The number of nitrogens with zero attached hydrogens (tertiary/aromatic N) is 3. The van der Waals surface area contributed by atoms with Crippen LogP contribution in [0.5, 0.6) is 0 Å². The Hall–Kier alpha value is -2.95. The number of amides is 1. The van der Waals surface area contributed by atoms with Crippen molar-refractivity contribution in [1.29, 1.82) is 0 Å². The van der Waals surface area contributed by atoms with E-state index >= 15 is 0 Å². The number of piperidine rings is 1. The average molecular weight is 363 g/mol. The fourth-order valence-corrected chi connectivity index (χ4v) is 3.43. The normalized spacial score (nSPS) is 15.1. The summed E-state index contributed by atoms with van der Waals surface area (Å²) in [6.07, 6.45) is 5.63. The molecule has 0 saturated carbocycles. The summed E-state index contributed by atoms with van der Waals surface area (Å²) in [4.78, 5) is 18.3. The summed E-state index contributed by atoms with van der Waals surface area (Å²) in [5.74, 6) is -0.0101. The molecule has 1 saturated heterocycles. The number of alkyl halides is 1. The Bertz CT molecular complexity index is 880. The number of halogens is 1. The van der Waals surface area contributed by atoms with Crippen LogP contribution in [0.3, 0.4) is 0 Å². The highest BCUT2D eigenvalue weighted by Crippen LogP contribution is 2.22. The summed E-state index contributed by atoms with van der Waals surface area (Å²) >= 11 is 0. The fourth-order valence-electron chi connectivity index (χ4n) is 3.43. The molecule has 1 fully saturated rings. The molecule has 0 radical (unpaired) electrons. The number of rotatable bonds is 4. The smallest absolute Gasteiger partial charge is 0.253 e. The van der Waals surface area contributed by atoms with Crippen molar-refractivity contribution in [1.82, 2.24) is 14.5 Å². The number of imidazole rings is 1. The van der Waals surface area contributed by atoms with Crippen molar-refractivity contribution in [2.45, 2.75) is 25.6 Å². The zero-order valence-electron chi connectivity index (χ0n) is 15.1. The van der Waals surface area contributed by atoms with E-state index in [-0.39, 0.29) is 5.91 Å². The van der Waals surface area contributed by atoms with Crippen LogP contribution >= 0.6 is 0 Å². The Morgan fingerprint density at radius 2 is 1.63 bits per heavy atom. The van der Waals surface area contributed by atoms with Gasteiger partial charge in [-0.05, 0) is 41.7 Å². The van der Waals surface area contributed by atoms with Crippen molar-refractivity contribution in [3.05, 3.63) is 78.4 Å². The molecule has 0 atom stereocenters. The van der Waals surface area contributed by atoms with Crippen molar-refractivity contribution in [2.75, 3.05) is 13.1 Å². The van der Waals surface area contributed by atoms with Crippen molar-refractivity contribution >= 4 is 5.91 Å².